The van der Waals surface area contributed by atoms with Crippen molar-refractivity contribution >= 4 is 40.5 Å². The standard InChI is InChI=1S/C19H23N3OS2/c23-18(20-11-17-21-15-3-1-2-4-16(15)22-17)12-9-13-5-6-14(10-12)19(13)24-7-8-25-19/h1-4,12-14H,5-11H2,(H,20,23)(H,21,22). The molecule has 4 nitrogen and oxygen atoms in total. The van der Waals surface area contributed by atoms with Gasteiger partial charge in [-0.05, 0) is 49.7 Å². The Bertz CT molecular complexity index is 750. The molecule has 2 bridgehead atoms. The van der Waals surface area contributed by atoms with Crippen LogP contribution in [0.15, 0.2) is 24.3 Å². The number of imidazole rings is 1. The smallest absolute Gasteiger partial charge is 0.223 e. The van der Waals surface area contributed by atoms with Gasteiger partial charge < -0.3 is 10.3 Å². The number of rotatable bonds is 3. The van der Waals surface area contributed by atoms with Gasteiger partial charge in [-0.1, -0.05) is 12.1 Å². The first-order chi connectivity index (χ1) is 12.2. The third kappa shape index (κ3) is 2.69. The predicted octanol–water partition coefficient (Wildman–Crippen LogP) is 3.79. The number of carbonyl (C=O) groups is 1. The van der Waals surface area contributed by atoms with Gasteiger partial charge in [-0.2, -0.15) is 0 Å². The van der Waals surface area contributed by atoms with Crippen LogP contribution in [0, 0.1) is 17.8 Å². The molecule has 1 saturated heterocycles. The second-order valence-corrected chi connectivity index (χ2v) is 10.5. The zero-order valence-corrected chi connectivity index (χ0v) is 15.8. The number of carbonyl (C=O) groups excluding carboxylic acids is 1. The summed E-state index contributed by atoms with van der Waals surface area (Å²) < 4.78 is 0.454. The largest absolute Gasteiger partial charge is 0.349 e. The van der Waals surface area contributed by atoms with Crippen molar-refractivity contribution in [3.8, 4) is 0 Å². The summed E-state index contributed by atoms with van der Waals surface area (Å²) in [6.07, 6.45) is 4.78. The molecule has 1 aromatic heterocycles. The molecule has 6 heteroatoms. The lowest BCUT2D eigenvalue weighted by Crippen LogP contribution is -2.42. The Kier molecular flexibility index (Phi) is 4.01. The van der Waals surface area contributed by atoms with Crippen LogP contribution in [0.3, 0.4) is 0 Å². The summed E-state index contributed by atoms with van der Waals surface area (Å²) in [6, 6.07) is 7.99. The molecule has 1 amide bonds. The van der Waals surface area contributed by atoms with Crippen LogP contribution in [0.25, 0.3) is 11.0 Å². The van der Waals surface area contributed by atoms with E-state index < -0.39 is 0 Å². The van der Waals surface area contributed by atoms with Crippen molar-refractivity contribution in [2.24, 2.45) is 17.8 Å². The number of hydrogen-bond donors (Lipinski definition) is 2. The summed E-state index contributed by atoms with van der Waals surface area (Å²) in [4.78, 5) is 20.6. The molecule has 2 aliphatic carbocycles. The maximum atomic E-state index is 12.7. The van der Waals surface area contributed by atoms with Crippen LogP contribution in [-0.4, -0.2) is 31.5 Å². The number of H-pyrrole nitrogens is 1. The number of fused-ring (bicyclic) bond motifs is 1. The van der Waals surface area contributed by atoms with E-state index in [1.54, 1.807) is 0 Å². The van der Waals surface area contributed by atoms with Gasteiger partial charge in [0.25, 0.3) is 0 Å². The minimum Gasteiger partial charge on any atom is -0.349 e. The van der Waals surface area contributed by atoms with Crippen molar-refractivity contribution in [2.75, 3.05) is 11.5 Å². The van der Waals surface area contributed by atoms with Crippen LogP contribution < -0.4 is 5.32 Å². The molecule has 3 fully saturated rings. The van der Waals surface area contributed by atoms with E-state index >= 15 is 0 Å². The first-order valence-corrected chi connectivity index (χ1v) is 11.2. The number of thioether (sulfide) groups is 2. The summed E-state index contributed by atoms with van der Waals surface area (Å²) in [7, 11) is 0. The molecule has 1 aromatic carbocycles. The van der Waals surface area contributed by atoms with E-state index in [1.165, 1.54) is 24.3 Å². The second kappa shape index (κ2) is 6.23. The summed E-state index contributed by atoms with van der Waals surface area (Å²) in [6.45, 7) is 0.494. The van der Waals surface area contributed by atoms with Crippen molar-refractivity contribution in [2.45, 2.75) is 36.3 Å². The zero-order valence-electron chi connectivity index (χ0n) is 14.2. The monoisotopic (exact) mass is 373 g/mol. The van der Waals surface area contributed by atoms with Gasteiger partial charge in [0.2, 0.25) is 5.91 Å². The number of aromatic amines is 1. The first kappa shape index (κ1) is 16.1. The fourth-order valence-corrected chi connectivity index (χ4v) is 8.96. The molecule has 2 saturated carbocycles. The number of benzene rings is 1. The van der Waals surface area contributed by atoms with Crippen molar-refractivity contribution < 1.29 is 4.79 Å². The summed E-state index contributed by atoms with van der Waals surface area (Å²) in [5.41, 5.74) is 1.99. The lowest BCUT2D eigenvalue weighted by Gasteiger charge is -2.42. The SMILES string of the molecule is O=C(NCc1nc2ccccc2[nH]1)C1CC2CCC(C1)C21SCCS1. The topological polar surface area (TPSA) is 57.8 Å². The Morgan fingerprint density at radius 2 is 1.92 bits per heavy atom. The second-order valence-electron chi connectivity index (χ2n) is 7.48. The molecular formula is C19H23N3OS2. The van der Waals surface area contributed by atoms with E-state index in [-0.39, 0.29) is 11.8 Å². The number of aromatic nitrogens is 2. The van der Waals surface area contributed by atoms with Crippen LogP contribution in [0.4, 0.5) is 0 Å². The molecule has 2 unspecified atom stereocenters. The Labute approximate surface area is 156 Å². The van der Waals surface area contributed by atoms with E-state index in [1.807, 2.05) is 24.3 Å². The highest BCUT2D eigenvalue weighted by molar-refractivity contribution is 8.21. The number of para-hydroxylation sites is 2. The van der Waals surface area contributed by atoms with Crippen molar-refractivity contribution in [1.29, 1.82) is 0 Å². The number of nitrogens with zero attached hydrogens (tertiary/aromatic N) is 1. The van der Waals surface area contributed by atoms with Gasteiger partial charge in [0, 0.05) is 17.4 Å². The summed E-state index contributed by atoms with van der Waals surface area (Å²) in [5, 5.41) is 3.13. The van der Waals surface area contributed by atoms with Gasteiger partial charge in [0.05, 0.1) is 21.7 Å². The van der Waals surface area contributed by atoms with Gasteiger partial charge in [0.15, 0.2) is 0 Å². The minimum absolute atomic E-state index is 0.189. The maximum absolute atomic E-state index is 12.7. The minimum atomic E-state index is 0.189. The van der Waals surface area contributed by atoms with Gasteiger partial charge in [-0.3, -0.25) is 4.79 Å². The van der Waals surface area contributed by atoms with E-state index in [0.717, 1.165) is 41.5 Å². The fraction of sp³-hybridized carbons (Fsp3) is 0.579. The number of hydrogen-bond acceptors (Lipinski definition) is 4. The van der Waals surface area contributed by atoms with E-state index in [0.29, 0.717) is 10.6 Å². The van der Waals surface area contributed by atoms with Crippen LogP contribution in [0.1, 0.15) is 31.5 Å². The van der Waals surface area contributed by atoms with Gasteiger partial charge in [0.1, 0.15) is 5.82 Å². The van der Waals surface area contributed by atoms with E-state index in [9.17, 15) is 4.79 Å². The molecule has 2 aromatic rings. The third-order valence-corrected chi connectivity index (χ3v) is 10.1. The summed E-state index contributed by atoms with van der Waals surface area (Å²) >= 11 is 4.37. The first-order valence-electron chi connectivity index (χ1n) is 9.24. The predicted molar refractivity (Wildman–Crippen MR) is 105 cm³/mol. The lowest BCUT2D eigenvalue weighted by atomic mass is 9.79. The van der Waals surface area contributed by atoms with Crippen LogP contribution >= 0.6 is 23.5 Å². The third-order valence-electron chi connectivity index (χ3n) is 6.12. The normalized spacial score (nSPS) is 30.2. The van der Waals surface area contributed by atoms with Crippen LogP contribution in [-0.2, 0) is 11.3 Å². The molecule has 2 atom stereocenters. The Morgan fingerprint density at radius 3 is 2.64 bits per heavy atom. The highest BCUT2D eigenvalue weighted by Crippen LogP contribution is 2.65. The molecular weight excluding hydrogens is 350 g/mol. The molecule has 5 rings (SSSR count). The highest BCUT2D eigenvalue weighted by atomic mass is 32.2. The van der Waals surface area contributed by atoms with Crippen LogP contribution in [0.5, 0.6) is 0 Å². The van der Waals surface area contributed by atoms with E-state index in [4.69, 9.17) is 0 Å². The van der Waals surface area contributed by atoms with Gasteiger partial charge >= 0.3 is 0 Å². The van der Waals surface area contributed by atoms with E-state index in [2.05, 4.69) is 38.8 Å². The van der Waals surface area contributed by atoms with Gasteiger partial charge in [-0.25, -0.2) is 4.98 Å². The van der Waals surface area contributed by atoms with Crippen molar-refractivity contribution in [3.63, 3.8) is 0 Å². The van der Waals surface area contributed by atoms with Crippen molar-refractivity contribution in [1.82, 2.24) is 15.3 Å². The number of nitrogens with one attached hydrogen (secondary N) is 2. The van der Waals surface area contributed by atoms with Gasteiger partial charge in [-0.15, -0.1) is 23.5 Å². The molecule has 0 radical (unpaired) electrons. The zero-order chi connectivity index (χ0) is 16.9. The quantitative estimate of drug-likeness (QED) is 0.859. The molecule has 1 spiro atoms. The Morgan fingerprint density at radius 1 is 1.20 bits per heavy atom. The Balaban J connectivity index is 1.23. The molecule has 2 N–H and O–H groups in total. The van der Waals surface area contributed by atoms with Crippen LogP contribution in [0.2, 0.25) is 0 Å². The Hall–Kier alpha value is -1.14. The average molecular weight is 374 g/mol. The molecule has 3 aliphatic rings. The molecule has 25 heavy (non-hydrogen) atoms. The molecule has 132 valence electrons. The maximum Gasteiger partial charge on any atom is 0.223 e. The highest BCUT2D eigenvalue weighted by Gasteiger charge is 2.57. The van der Waals surface area contributed by atoms with Crippen molar-refractivity contribution in [3.05, 3.63) is 30.1 Å². The average Bonchev–Trinajstić information content (AvgIpc) is 3.30. The lowest BCUT2D eigenvalue weighted by molar-refractivity contribution is -0.126. The number of amides is 1. The molecule has 1 aliphatic heterocycles. The fourth-order valence-electron chi connectivity index (χ4n) is 5.02. The molecule has 2 heterocycles. The summed E-state index contributed by atoms with van der Waals surface area (Å²) in [5.74, 6) is 5.29.